The molecule has 0 spiro atoms. The van der Waals surface area contributed by atoms with Gasteiger partial charge in [0.05, 0.1) is 33.1 Å². The van der Waals surface area contributed by atoms with Gasteiger partial charge in [-0.25, -0.2) is 4.98 Å². The molecule has 198 valence electrons. The summed E-state index contributed by atoms with van der Waals surface area (Å²) in [5.41, 5.74) is 11.8. The van der Waals surface area contributed by atoms with E-state index in [0.29, 0.717) is 0 Å². The van der Waals surface area contributed by atoms with Gasteiger partial charge >= 0.3 is 0 Å². The number of nitrogens with zero attached hydrogens (tertiary/aromatic N) is 3. The van der Waals surface area contributed by atoms with E-state index in [1.165, 1.54) is 32.9 Å². The first-order valence-corrected chi connectivity index (χ1v) is 14.2. The van der Waals surface area contributed by atoms with Crippen molar-refractivity contribution in [3.05, 3.63) is 114 Å². The van der Waals surface area contributed by atoms with Crippen LogP contribution in [0.3, 0.4) is 0 Å². The maximum Gasteiger partial charge on any atom is 0.0972 e. The number of pyridine rings is 1. The van der Waals surface area contributed by atoms with Gasteiger partial charge in [0.15, 0.2) is 0 Å². The summed E-state index contributed by atoms with van der Waals surface area (Å²) in [6.07, 6.45) is 0. The first-order chi connectivity index (χ1) is 19.1. The molecule has 0 saturated heterocycles. The Morgan fingerprint density at radius 3 is 1.20 bits per heavy atom. The molecule has 4 aromatic carbocycles. The Bertz CT molecular complexity index is 1890. The average molecular weight is 522 g/mol. The first kappa shape index (κ1) is 24.7. The Morgan fingerprint density at radius 2 is 0.825 bits per heavy atom. The predicted molar refractivity (Wildman–Crippen MR) is 170 cm³/mol. The third kappa shape index (κ3) is 3.76. The van der Waals surface area contributed by atoms with Gasteiger partial charge in [0.1, 0.15) is 0 Å². The van der Waals surface area contributed by atoms with Gasteiger partial charge in [-0.05, 0) is 64.4 Å². The summed E-state index contributed by atoms with van der Waals surface area (Å²) >= 11 is 0. The van der Waals surface area contributed by atoms with Crippen molar-refractivity contribution >= 4 is 43.9 Å². The highest BCUT2D eigenvalue weighted by atomic mass is 15.0. The molecule has 0 unspecified atom stereocenters. The molecule has 0 saturated carbocycles. The fourth-order valence-electron chi connectivity index (χ4n) is 6.00. The number of para-hydroxylation sites is 2. The van der Waals surface area contributed by atoms with Gasteiger partial charge in [0, 0.05) is 22.1 Å². The molecule has 0 radical (unpaired) electrons. The highest BCUT2D eigenvalue weighted by Gasteiger charge is 2.21. The Balaban J connectivity index is 1.55. The number of hydrogen-bond donors (Lipinski definition) is 0. The van der Waals surface area contributed by atoms with Crippen LogP contribution in [0.1, 0.15) is 52.7 Å². The van der Waals surface area contributed by atoms with Crippen LogP contribution in [-0.4, -0.2) is 14.1 Å². The second-order valence-corrected chi connectivity index (χ2v) is 13.0. The molecule has 3 heterocycles. The minimum absolute atomic E-state index is 0.108. The van der Waals surface area contributed by atoms with E-state index < -0.39 is 0 Å². The summed E-state index contributed by atoms with van der Waals surface area (Å²) in [4.78, 5) is 5.40. The van der Waals surface area contributed by atoms with Crippen LogP contribution in [0, 0.1) is 0 Å². The van der Waals surface area contributed by atoms with Crippen LogP contribution in [0.15, 0.2) is 103 Å². The zero-order chi connectivity index (χ0) is 27.8. The topological polar surface area (TPSA) is 22.8 Å². The molecule has 0 bridgehead atoms. The van der Waals surface area contributed by atoms with Gasteiger partial charge in [-0.1, -0.05) is 102 Å². The molecular formula is C37H35N3. The highest BCUT2D eigenvalue weighted by molar-refractivity contribution is 6.15. The fraction of sp³-hybridized carbons (Fsp3) is 0.216. The van der Waals surface area contributed by atoms with Crippen LogP contribution in [0.4, 0.5) is 0 Å². The number of hydrogen-bond acceptors (Lipinski definition) is 1. The van der Waals surface area contributed by atoms with E-state index in [1.807, 2.05) is 0 Å². The summed E-state index contributed by atoms with van der Waals surface area (Å²) in [6.45, 7) is 13.6. The van der Waals surface area contributed by atoms with Crippen LogP contribution in [-0.2, 0) is 10.8 Å². The smallest absolute Gasteiger partial charge is 0.0972 e. The minimum atomic E-state index is 0.108. The molecule has 7 aromatic rings. The van der Waals surface area contributed by atoms with Crippen molar-refractivity contribution in [3.8, 4) is 11.4 Å². The van der Waals surface area contributed by atoms with E-state index in [4.69, 9.17) is 4.98 Å². The van der Waals surface area contributed by atoms with Crippen LogP contribution < -0.4 is 0 Å². The van der Waals surface area contributed by atoms with E-state index in [-0.39, 0.29) is 10.8 Å². The molecule has 7 rings (SSSR count). The zero-order valence-corrected chi connectivity index (χ0v) is 24.2. The molecule has 0 fully saturated rings. The summed E-state index contributed by atoms with van der Waals surface area (Å²) < 4.78 is 4.74. The van der Waals surface area contributed by atoms with Crippen LogP contribution >= 0.6 is 0 Å². The van der Waals surface area contributed by atoms with Crippen molar-refractivity contribution in [2.75, 3.05) is 0 Å². The standard InChI is InChI=1S/C37H35N3/c1-36(2,3)24-15-19-26(20-16-24)39-30-13-9-7-11-28(30)34-32(39)23-33-35(38-34)29-12-8-10-14-31(29)40(33)27-21-17-25(18-22-27)37(4,5)6/h7-23H,1-6H3. The molecule has 0 atom stereocenters. The number of benzene rings is 4. The van der Waals surface area contributed by atoms with Gasteiger partial charge in [0.2, 0.25) is 0 Å². The van der Waals surface area contributed by atoms with E-state index in [9.17, 15) is 0 Å². The first-order valence-electron chi connectivity index (χ1n) is 14.2. The quantitative estimate of drug-likeness (QED) is 0.222. The Kier molecular flexibility index (Phi) is 5.28. The molecule has 40 heavy (non-hydrogen) atoms. The van der Waals surface area contributed by atoms with Crippen molar-refractivity contribution < 1.29 is 0 Å². The predicted octanol–water partition coefficient (Wildman–Crippen LogP) is 9.87. The van der Waals surface area contributed by atoms with Gasteiger partial charge < -0.3 is 9.13 Å². The van der Waals surface area contributed by atoms with Gasteiger partial charge in [-0.15, -0.1) is 0 Å². The summed E-state index contributed by atoms with van der Waals surface area (Å²) in [7, 11) is 0. The third-order valence-corrected chi connectivity index (χ3v) is 8.25. The van der Waals surface area contributed by atoms with Crippen molar-refractivity contribution in [1.82, 2.24) is 14.1 Å². The number of fused-ring (bicyclic) bond motifs is 6. The second kappa shape index (κ2) is 8.56. The van der Waals surface area contributed by atoms with E-state index >= 15 is 0 Å². The van der Waals surface area contributed by atoms with Gasteiger partial charge in [-0.3, -0.25) is 0 Å². The monoisotopic (exact) mass is 521 g/mol. The average Bonchev–Trinajstić information content (AvgIpc) is 3.43. The number of rotatable bonds is 2. The lowest BCUT2D eigenvalue weighted by molar-refractivity contribution is 0.590. The molecule has 3 heteroatoms. The SMILES string of the molecule is CC(C)(C)c1ccc(-n2c3ccccc3c3nc4c5ccccc5n(-c5ccc(C(C)(C)C)cc5)c4cc32)cc1. The molecular weight excluding hydrogens is 486 g/mol. The molecule has 0 N–H and O–H groups in total. The summed E-state index contributed by atoms with van der Waals surface area (Å²) in [5, 5.41) is 2.34. The molecule has 0 aliphatic carbocycles. The van der Waals surface area contributed by atoms with E-state index in [1.54, 1.807) is 0 Å². The van der Waals surface area contributed by atoms with Gasteiger partial charge in [0.25, 0.3) is 0 Å². The summed E-state index contributed by atoms with van der Waals surface area (Å²) in [5.74, 6) is 0. The Hall–Kier alpha value is -4.37. The molecule has 3 nitrogen and oxygen atoms in total. The Morgan fingerprint density at radius 1 is 0.450 bits per heavy atom. The van der Waals surface area contributed by atoms with Crippen molar-refractivity contribution in [1.29, 1.82) is 0 Å². The van der Waals surface area contributed by atoms with Crippen LogP contribution in [0.2, 0.25) is 0 Å². The zero-order valence-electron chi connectivity index (χ0n) is 24.2. The minimum Gasteiger partial charge on any atom is -0.308 e. The normalized spacial score (nSPS) is 12.8. The number of aromatic nitrogens is 3. The van der Waals surface area contributed by atoms with Crippen molar-refractivity contribution in [2.45, 2.75) is 52.4 Å². The van der Waals surface area contributed by atoms with E-state index in [0.717, 1.165) is 33.4 Å². The van der Waals surface area contributed by atoms with E-state index in [2.05, 4.69) is 154 Å². The lowest BCUT2D eigenvalue weighted by Crippen LogP contribution is -2.10. The molecule has 3 aromatic heterocycles. The van der Waals surface area contributed by atoms with Crippen LogP contribution in [0.25, 0.3) is 55.2 Å². The van der Waals surface area contributed by atoms with Crippen LogP contribution in [0.5, 0.6) is 0 Å². The largest absolute Gasteiger partial charge is 0.308 e. The lowest BCUT2D eigenvalue weighted by atomic mass is 9.87. The summed E-state index contributed by atoms with van der Waals surface area (Å²) in [6, 6.07) is 37.6. The maximum absolute atomic E-state index is 5.40. The van der Waals surface area contributed by atoms with Crippen molar-refractivity contribution in [2.24, 2.45) is 0 Å². The highest BCUT2D eigenvalue weighted by Crippen LogP contribution is 2.38. The van der Waals surface area contributed by atoms with Crippen molar-refractivity contribution in [3.63, 3.8) is 0 Å². The lowest BCUT2D eigenvalue weighted by Gasteiger charge is -2.20. The Labute approximate surface area is 235 Å². The molecule has 0 aliphatic rings. The fourth-order valence-corrected chi connectivity index (χ4v) is 6.00. The third-order valence-electron chi connectivity index (χ3n) is 8.25. The van der Waals surface area contributed by atoms with Gasteiger partial charge in [-0.2, -0.15) is 0 Å². The second-order valence-electron chi connectivity index (χ2n) is 13.0. The molecule has 0 aliphatic heterocycles. The molecule has 0 amide bonds. The maximum atomic E-state index is 5.40.